The molecule has 3 N–H and O–H groups in total. The van der Waals surface area contributed by atoms with E-state index in [0.29, 0.717) is 11.9 Å². The minimum absolute atomic E-state index is 0.318. The van der Waals surface area contributed by atoms with Crippen LogP contribution in [0.15, 0.2) is 60.9 Å². The maximum Gasteiger partial charge on any atom is 0.164 e. The van der Waals surface area contributed by atoms with E-state index in [4.69, 9.17) is 15.6 Å². The van der Waals surface area contributed by atoms with E-state index >= 15 is 0 Å². The van der Waals surface area contributed by atoms with Gasteiger partial charge in [0.25, 0.3) is 0 Å². The Morgan fingerprint density at radius 2 is 1.68 bits per heavy atom. The van der Waals surface area contributed by atoms with Crippen molar-refractivity contribution in [3.8, 4) is 22.8 Å². The molecule has 0 spiro atoms. The molecule has 2 aliphatic rings. The van der Waals surface area contributed by atoms with Gasteiger partial charge in [0, 0.05) is 37.8 Å². The molecule has 0 aliphatic carbocycles. The van der Waals surface area contributed by atoms with E-state index in [1.54, 1.807) is 0 Å². The van der Waals surface area contributed by atoms with Crippen molar-refractivity contribution in [3.63, 3.8) is 0 Å². The molecule has 34 heavy (non-hydrogen) atoms. The van der Waals surface area contributed by atoms with Gasteiger partial charge in [-0.05, 0) is 49.2 Å². The average molecular weight is 469 g/mol. The van der Waals surface area contributed by atoms with E-state index in [-0.39, 0.29) is 5.16 Å². The molecule has 6 rings (SSSR count). The van der Waals surface area contributed by atoms with E-state index in [2.05, 4.69) is 30.4 Å². The van der Waals surface area contributed by atoms with Gasteiger partial charge in [-0.15, -0.1) is 0 Å². The molecule has 2 aromatic heterocycles. The average Bonchev–Trinajstić information content (AvgIpc) is 3.23. The highest BCUT2D eigenvalue weighted by molar-refractivity contribution is 6.14. The summed E-state index contributed by atoms with van der Waals surface area (Å²) in [5.74, 6) is 1.99. The zero-order valence-corrected chi connectivity index (χ0v) is 19.8. The highest BCUT2D eigenvalue weighted by atomic mass is 28.1. The van der Waals surface area contributed by atoms with Crippen molar-refractivity contribution < 1.29 is 4.74 Å². The van der Waals surface area contributed by atoms with E-state index in [1.165, 1.54) is 6.33 Å². The van der Waals surface area contributed by atoms with Crippen LogP contribution in [0.4, 0.5) is 5.82 Å². The van der Waals surface area contributed by atoms with Crippen molar-refractivity contribution in [2.75, 3.05) is 31.9 Å². The maximum absolute atomic E-state index is 6.34. The van der Waals surface area contributed by atoms with Gasteiger partial charge in [0.15, 0.2) is 5.65 Å². The lowest BCUT2D eigenvalue weighted by molar-refractivity contribution is 0.0863. The molecule has 3 radical (unpaired) electrons. The lowest BCUT2D eigenvalue weighted by atomic mass is 10.00. The van der Waals surface area contributed by atoms with Gasteiger partial charge in [-0.3, -0.25) is 4.90 Å². The number of anilines is 1. The van der Waals surface area contributed by atoms with Crippen LogP contribution in [0.5, 0.6) is 11.5 Å². The van der Waals surface area contributed by atoms with Gasteiger partial charge in [-0.25, -0.2) is 14.6 Å². The molecule has 0 bridgehead atoms. The molecule has 2 fully saturated rings. The number of aromatic nitrogens is 4. The topological polar surface area (TPSA) is 94.1 Å². The Morgan fingerprint density at radius 3 is 2.35 bits per heavy atom. The summed E-state index contributed by atoms with van der Waals surface area (Å²) in [4.78, 5) is 11.4. The minimum atomic E-state index is -0.318. The van der Waals surface area contributed by atoms with Crippen molar-refractivity contribution in [1.82, 2.24) is 30.0 Å². The molecule has 2 aliphatic heterocycles. The Morgan fingerprint density at radius 1 is 0.971 bits per heavy atom. The van der Waals surface area contributed by atoms with Crippen molar-refractivity contribution in [2.45, 2.75) is 24.0 Å². The monoisotopic (exact) mass is 468 g/mol. The van der Waals surface area contributed by atoms with Crippen LogP contribution in [0.1, 0.15) is 12.8 Å². The number of likely N-dealkylation sites (tertiary alicyclic amines) is 1. The van der Waals surface area contributed by atoms with E-state index in [0.717, 1.165) is 72.8 Å². The normalized spacial score (nSPS) is 18.6. The largest absolute Gasteiger partial charge is 0.457 e. The molecule has 0 amide bonds. The van der Waals surface area contributed by atoms with E-state index < -0.39 is 0 Å². The summed E-state index contributed by atoms with van der Waals surface area (Å²) < 4.78 is 7.96. The molecule has 0 atom stereocenters. The number of nitrogens with two attached hydrogens (primary N) is 1. The SMILES string of the molecule is Nc1ncnc2c1c(-c1ccc(Oc3ccccc3)cc1)nn2C1([Si])CCN(C2CNC2)CC1. The second-order valence-corrected chi connectivity index (χ2v) is 9.97. The fourth-order valence-corrected chi connectivity index (χ4v) is 5.16. The van der Waals surface area contributed by atoms with E-state index in [1.807, 2.05) is 59.3 Å². The second kappa shape index (κ2) is 8.50. The fourth-order valence-electron chi connectivity index (χ4n) is 4.78. The number of hydrogen-bond donors (Lipinski definition) is 2. The predicted octanol–water partition coefficient (Wildman–Crippen LogP) is 2.76. The number of para-hydroxylation sites is 1. The maximum atomic E-state index is 6.34. The first-order chi connectivity index (χ1) is 16.6. The van der Waals surface area contributed by atoms with Gasteiger partial charge in [0.05, 0.1) is 20.8 Å². The zero-order chi connectivity index (χ0) is 23.1. The van der Waals surface area contributed by atoms with Crippen molar-refractivity contribution in [3.05, 3.63) is 60.9 Å². The third-order valence-electron chi connectivity index (χ3n) is 6.91. The standard InChI is InChI=1S/C25H26N7OSi/c26-23-21-22(17-6-8-20(9-7-17)33-19-4-2-1-3-5-19)30-32(24(21)29-16-28-23)25(34)10-12-31(13-11-25)18-14-27-15-18/h1-9,16,18,27H,10-15H2,(H2,26,28,29). The summed E-state index contributed by atoms with van der Waals surface area (Å²) in [5.41, 5.74) is 8.81. The summed E-state index contributed by atoms with van der Waals surface area (Å²) >= 11 is 0. The molecular formula is C25H26N7OSi. The zero-order valence-electron chi connectivity index (χ0n) is 18.8. The molecule has 4 heterocycles. The third kappa shape index (κ3) is 3.75. The quantitative estimate of drug-likeness (QED) is 0.435. The number of nitrogens with one attached hydrogen (secondary N) is 1. The van der Waals surface area contributed by atoms with Crippen LogP contribution in [0, 0.1) is 0 Å². The van der Waals surface area contributed by atoms with Gasteiger partial charge in [0.1, 0.15) is 29.3 Å². The Labute approximate surface area is 201 Å². The van der Waals surface area contributed by atoms with Gasteiger partial charge in [-0.1, -0.05) is 18.2 Å². The fraction of sp³-hybridized carbons (Fsp3) is 0.320. The molecule has 9 heteroatoms. The highest BCUT2D eigenvalue weighted by Crippen LogP contribution is 2.37. The van der Waals surface area contributed by atoms with Crippen LogP contribution < -0.4 is 15.8 Å². The van der Waals surface area contributed by atoms with Crippen LogP contribution >= 0.6 is 0 Å². The van der Waals surface area contributed by atoms with Crippen LogP contribution in [-0.4, -0.2) is 67.1 Å². The number of hydrogen-bond acceptors (Lipinski definition) is 7. The number of benzene rings is 2. The molecule has 4 aromatic rings. The minimum Gasteiger partial charge on any atom is -0.457 e. The van der Waals surface area contributed by atoms with Crippen molar-refractivity contribution in [2.24, 2.45) is 0 Å². The van der Waals surface area contributed by atoms with Gasteiger partial charge in [-0.2, -0.15) is 5.10 Å². The Balaban J connectivity index is 1.33. The molecule has 0 saturated carbocycles. The Bertz CT molecular complexity index is 1300. The number of nitrogen functional groups attached to an aromatic ring is 1. The molecule has 2 aromatic carbocycles. The first kappa shape index (κ1) is 21.3. The number of piperidine rings is 1. The van der Waals surface area contributed by atoms with Crippen LogP contribution in [0.25, 0.3) is 22.3 Å². The highest BCUT2D eigenvalue weighted by Gasteiger charge is 2.38. The summed E-state index contributed by atoms with van der Waals surface area (Å²) in [7, 11) is 4.10. The second-order valence-electron chi connectivity index (χ2n) is 9.04. The van der Waals surface area contributed by atoms with E-state index in [9.17, 15) is 0 Å². The van der Waals surface area contributed by atoms with Crippen molar-refractivity contribution >= 4 is 27.1 Å². The molecule has 2 saturated heterocycles. The molecular weight excluding hydrogens is 442 g/mol. The lowest BCUT2D eigenvalue weighted by Crippen LogP contribution is -2.60. The predicted molar refractivity (Wildman–Crippen MR) is 133 cm³/mol. The van der Waals surface area contributed by atoms with Crippen LogP contribution in [0.3, 0.4) is 0 Å². The Kier molecular flexibility index (Phi) is 5.32. The first-order valence-corrected chi connectivity index (χ1v) is 12.1. The third-order valence-corrected chi connectivity index (χ3v) is 7.62. The number of ether oxygens (including phenoxy) is 1. The van der Waals surface area contributed by atoms with Crippen molar-refractivity contribution in [1.29, 1.82) is 0 Å². The van der Waals surface area contributed by atoms with Crippen LogP contribution in [0.2, 0.25) is 0 Å². The summed E-state index contributed by atoms with van der Waals surface area (Å²) in [6.45, 7) is 4.19. The van der Waals surface area contributed by atoms with Gasteiger partial charge < -0.3 is 15.8 Å². The molecule has 8 nitrogen and oxygen atoms in total. The summed E-state index contributed by atoms with van der Waals surface area (Å²) in [6, 6.07) is 18.3. The summed E-state index contributed by atoms with van der Waals surface area (Å²) in [5, 5.41) is 8.88. The number of nitrogens with zero attached hydrogens (tertiary/aromatic N) is 5. The lowest BCUT2D eigenvalue weighted by Gasteiger charge is -2.45. The van der Waals surface area contributed by atoms with Gasteiger partial charge in [0.2, 0.25) is 0 Å². The number of fused-ring (bicyclic) bond motifs is 1. The molecule has 171 valence electrons. The smallest absolute Gasteiger partial charge is 0.164 e. The molecule has 0 unspecified atom stereocenters. The summed E-state index contributed by atoms with van der Waals surface area (Å²) in [6.07, 6.45) is 3.38. The Hall–Kier alpha value is -3.27. The van der Waals surface area contributed by atoms with Crippen LogP contribution in [-0.2, 0) is 5.16 Å². The van der Waals surface area contributed by atoms with Gasteiger partial charge >= 0.3 is 0 Å². The first-order valence-electron chi connectivity index (χ1n) is 11.6. The number of rotatable bonds is 5.